The molecule has 0 nitrogen and oxygen atoms in total. The first-order valence-corrected chi connectivity index (χ1v) is 5.57. The molecule has 0 amide bonds. The summed E-state index contributed by atoms with van der Waals surface area (Å²) in [5, 5.41) is 0. The minimum absolute atomic E-state index is 0.699. The van der Waals surface area contributed by atoms with Crippen LogP contribution in [0.1, 0.15) is 0 Å². The number of hydrogen-bond donors (Lipinski definition) is 0. The summed E-state index contributed by atoms with van der Waals surface area (Å²) in [7, 11) is -3.05. The van der Waals surface area contributed by atoms with Crippen molar-refractivity contribution in [1.29, 1.82) is 0 Å². The Morgan fingerprint density at radius 2 is 1.08 bits per heavy atom. The largest absolute Gasteiger partial charge is 0.459 e. The lowest BCUT2D eigenvalue weighted by atomic mass is 10.3. The highest BCUT2D eigenvalue weighted by molar-refractivity contribution is 6.58. The van der Waals surface area contributed by atoms with E-state index in [4.69, 9.17) is 0 Å². The quantitative estimate of drug-likeness (QED) is 0.502. The molecule has 79 valence electrons. The Morgan fingerprint density at radius 1 is 0.769 bits per heavy atom. The van der Waals surface area contributed by atoms with E-state index in [0.717, 1.165) is 0 Å². The van der Waals surface area contributed by atoms with Crippen molar-refractivity contribution in [3.63, 3.8) is 0 Å². The lowest BCUT2D eigenvalue weighted by Crippen LogP contribution is -2.57. The van der Waals surface area contributed by atoms with Gasteiger partial charge in [0.05, 0.1) is 0 Å². The van der Waals surface area contributed by atoms with Gasteiger partial charge in [-0.3, -0.25) is 0 Å². The molecule has 0 heterocycles. The van der Waals surface area contributed by atoms with E-state index >= 15 is 0 Å². The zero-order valence-corrected chi connectivity index (χ0v) is 7.65. The van der Waals surface area contributed by atoms with Crippen molar-refractivity contribution >= 4 is 8.80 Å². The van der Waals surface area contributed by atoms with E-state index in [9.17, 15) is 30.7 Å². The molecule has 0 saturated heterocycles. The number of halogens is 7. The molecular weight excluding hydrogens is 221 g/mol. The molecule has 0 fully saturated rings. The molecule has 0 rings (SSSR count). The topological polar surface area (TPSA) is 0 Å². The number of rotatable bonds is 2. The molecule has 0 aliphatic carbocycles. The predicted octanol–water partition coefficient (Wildman–Crippen LogP) is 3.11. The highest BCUT2D eigenvalue weighted by Gasteiger charge is 2.73. The Bertz CT molecular complexity index is 182. The van der Waals surface area contributed by atoms with Gasteiger partial charge in [0.15, 0.2) is 0 Å². The molecule has 0 aromatic rings. The van der Waals surface area contributed by atoms with Crippen molar-refractivity contribution in [2.75, 3.05) is 0 Å². The Labute approximate surface area is 71.3 Å². The summed E-state index contributed by atoms with van der Waals surface area (Å²) in [5.74, 6) is -5.93. The summed E-state index contributed by atoms with van der Waals surface area (Å²) >= 11 is 0. The standard InChI is InChI=1S/C5H6F7Si/c1-13(2)5(11,12)3(6,7)4(8,9)10/h1-2H3. The van der Waals surface area contributed by atoms with Gasteiger partial charge in [0, 0.05) is 0 Å². The van der Waals surface area contributed by atoms with Crippen LogP contribution in [-0.4, -0.2) is 26.4 Å². The van der Waals surface area contributed by atoms with E-state index in [-0.39, 0.29) is 0 Å². The van der Waals surface area contributed by atoms with Crippen LogP contribution in [-0.2, 0) is 0 Å². The van der Waals surface area contributed by atoms with Crippen molar-refractivity contribution in [3.8, 4) is 0 Å². The Morgan fingerprint density at radius 3 is 1.15 bits per heavy atom. The van der Waals surface area contributed by atoms with Crippen molar-refractivity contribution < 1.29 is 30.7 Å². The fourth-order valence-electron chi connectivity index (χ4n) is 0.492. The van der Waals surface area contributed by atoms with Gasteiger partial charge in [-0.25, -0.2) is 8.78 Å². The molecule has 0 atom stereocenters. The molecule has 0 bridgehead atoms. The first-order chi connectivity index (χ1) is 5.44. The molecular formula is C5H6F7Si. The number of alkyl halides is 7. The average Bonchev–Trinajstić information content (AvgIpc) is 1.84. The highest BCUT2D eigenvalue weighted by Crippen LogP contribution is 2.47. The molecule has 0 N–H and O–H groups in total. The second-order valence-electron chi connectivity index (χ2n) is 2.65. The monoisotopic (exact) mass is 227 g/mol. The van der Waals surface area contributed by atoms with Crippen LogP contribution in [0.4, 0.5) is 30.7 Å². The van der Waals surface area contributed by atoms with E-state index in [2.05, 4.69) is 0 Å². The van der Waals surface area contributed by atoms with E-state index in [0.29, 0.717) is 13.1 Å². The Hall–Kier alpha value is -0.273. The van der Waals surface area contributed by atoms with E-state index < -0.39 is 26.4 Å². The van der Waals surface area contributed by atoms with Crippen LogP contribution in [0.2, 0.25) is 13.1 Å². The van der Waals surface area contributed by atoms with Crippen LogP contribution in [0, 0.1) is 0 Å². The van der Waals surface area contributed by atoms with Gasteiger partial charge in [0.1, 0.15) is 8.80 Å². The molecule has 0 aromatic carbocycles. The van der Waals surface area contributed by atoms with Crippen LogP contribution >= 0.6 is 0 Å². The van der Waals surface area contributed by atoms with Crippen LogP contribution in [0.15, 0.2) is 0 Å². The summed E-state index contributed by atoms with van der Waals surface area (Å²) in [6, 6.07) is 0. The second-order valence-corrected chi connectivity index (χ2v) is 5.27. The second kappa shape index (κ2) is 3.14. The van der Waals surface area contributed by atoms with Crippen molar-refractivity contribution in [1.82, 2.24) is 0 Å². The van der Waals surface area contributed by atoms with Gasteiger partial charge in [-0.15, -0.1) is 0 Å². The van der Waals surface area contributed by atoms with Gasteiger partial charge in [-0.2, -0.15) is 22.0 Å². The van der Waals surface area contributed by atoms with Gasteiger partial charge in [0.2, 0.25) is 0 Å². The van der Waals surface area contributed by atoms with E-state index in [1.807, 2.05) is 0 Å². The Balaban J connectivity index is 5.04. The normalized spacial score (nSPS) is 15.2. The summed E-state index contributed by atoms with van der Waals surface area (Å²) in [4.78, 5) is 0. The van der Waals surface area contributed by atoms with Crippen LogP contribution < -0.4 is 0 Å². The van der Waals surface area contributed by atoms with Crippen molar-refractivity contribution in [2.45, 2.75) is 30.7 Å². The van der Waals surface area contributed by atoms with Crippen molar-refractivity contribution in [2.24, 2.45) is 0 Å². The number of hydrogen-bond acceptors (Lipinski definition) is 0. The maximum absolute atomic E-state index is 12.4. The average molecular weight is 227 g/mol. The van der Waals surface area contributed by atoms with Crippen LogP contribution in [0.3, 0.4) is 0 Å². The molecule has 0 saturated carbocycles. The van der Waals surface area contributed by atoms with Gasteiger partial charge >= 0.3 is 12.1 Å². The maximum Gasteiger partial charge on any atom is 0.459 e. The summed E-state index contributed by atoms with van der Waals surface area (Å²) < 4.78 is 83.4. The van der Waals surface area contributed by atoms with Gasteiger partial charge < -0.3 is 0 Å². The molecule has 0 aliphatic heterocycles. The molecule has 0 aromatic heterocycles. The molecule has 0 unspecified atom stereocenters. The molecule has 1 radical (unpaired) electrons. The minimum atomic E-state index is -6.20. The smallest absolute Gasteiger partial charge is 0.205 e. The van der Waals surface area contributed by atoms with Gasteiger partial charge in [-0.05, 0) is 0 Å². The van der Waals surface area contributed by atoms with Gasteiger partial charge in [0.25, 0.3) is 5.55 Å². The first kappa shape index (κ1) is 12.7. The zero-order valence-electron chi connectivity index (χ0n) is 6.65. The lowest BCUT2D eigenvalue weighted by Gasteiger charge is -2.30. The minimum Gasteiger partial charge on any atom is -0.205 e. The van der Waals surface area contributed by atoms with Crippen LogP contribution in [0.5, 0.6) is 0 Å². The molecule has 0 aliphatic rings. The van der Waals surface area contributed by atoms with Crippen LogP contribution in [0.25, 0.3) is 0 Å². The first-order valence-electron chi connectivity index (χ1n) is 3.07. The third kappa shape index (κ3) is 1.97. The molecule has 0 spiro atoms. The SMILES string of the molecule is C[Si](C)C(F)(F)C(F)(F)C(F)(F)F. The lowest BCUT2D eigenvalue weighted by molar-refractivity contribution is -0.334. The third-order valence-corrected chi connectivity index (χ3v) is 2.95. The fourth-order valence-corrected chi connectivity index (χ4v) is 1.26. The maximum atomic E-state index is 12.4. The van der Waals surface area contributed by atoms with Crippen molar-refractivity contribution in [3.05, 3.63) is 0 Å². The van der Waals surface area contributed by atoms with E-state index in [1.165, 1.54) is 0 Å². The molecule has 8 heteroatoms. The third-order valence-electron chi connectivity index (χ3n) is 1.38. The summed E-state index contributed by atoms with van der Waals surface area (Å²) in [6.07, 6.45) is -6.20. The summed E-state index contributed by atoms with van der Waals surface area (Å²) in [6.45, 7) is 1.40. The van der Waals surface area contributed by atoms with E-state index in [1.54, 1.807) is 0 Å². The predicted molar refractivity (Wildman–Crippen MR) is 33.4 cm³/mol. The van der Waals surface area contributed by atoms with Gasteiger partial charge in [-0.1, -0.05) is 13.1 Å². The molecule has 13 heavy (non-hydrogen) atoms. The Kier molecular flexibility index (Phi) is 3.07. The summed E-state index contributed by atoms with van der Waals surface area (Å²) in [5.41, 5.74) is -4.98. The highest BCUT2D eigenvalue weighted by atomic mass is 28.3. The zero-order chi connectivity index (χ0) is 11.1. The fraction of sp³-hybridized carbons (Fsp3) is 1.00.